The van der Waals surface area contributed by atoms with Gasteiger partial charge in [-0.05, 0) is 24.5 Å². The van der Waals surface area contributed by atoms with Crippen LogP contribution in [0.4, 0.5) is 0 Å². The molecule has 2 rings (SSSR count). The van der Waals surface area contributed by atoms with Crippen molar-refractivity contribution < 1.29 is 0 Å². The van der Waals surface area contributed by atoms with Crippen molar-refractivity contribution in [1.82, 2.24) is 0 Å². The summed E-state index contributed by atoms with van der Waals surface area (Å²) in [5, 5.41) is 0. The van der Waals surface area contributed by atoms with Crippen molar-refractivity contribution in [2.24, 2.45) is 0 Å². The molecule has 13 heavy (non-hydrogen) atoms. The maximum Gasteiger partial charge on any atom is 0.0695 e. The van der Waals surface area contributed by atoms with Gasteiger partial charge in [0.05, 0.1) is 4.87 Å². The van der Waals surface area contributed by atoms with Crippen LogP contribution in [0.25, 0.3) is 0 Å². The monoisotopic (exact) mass is 193 g/mol. The quantitative estimate of drug-likeness (QED) is 0.594. The molecule has 0 bridgehead atoms. The summed E-state index contributed by atoms with van der Waals surface area (Å²) in [6.07, 6.45) is 6.12. The second-order valence-electron chi connectivity index (χ2n) is 3.81. The van der Waals surface area contributed by atoms with Gasteiger partial charge in [0, 0.05) is 0 Å². The molecule has 1 heteroatoms. The molecule has 1 fully saturated rings. The second-order valence-corrected chi connectivity index (χ2v) is 4.54. The van der Waals surface area contributed by atoms with Crippen LogP contribution in [0.5, 0.6) is 0 Å². The van der Waals surface area contributed by atoms with Gasteiger partial charge in [-0.3, -0.25) is 0 Å². The third-order valence-electron chi connectivity index (χ3n) is 2.88. The van der Waals surface area contributed by atoms with Gasteiger partial charge in [0.1, 0.15) is 0 Å². The molecule has 1 aromatic carbocycles. The summed E-state index contributed by atoms with van der Waals surface area (Å²) in [4.78, 5) is -0.0760. The minimum atomic E-state index is -0.0760. The van der Waals surface area contributed by atoms with Crippen molar-refractivity contribution in [3.63, 3.8) is 0 Å². The minimum Gasteiger partial charge on any atom is -0.114 e. The zero-order chi connectivity index (χ0) is 9.15. The molecule has 0 unspecified atom stereocenters. The van der Waals surface area contributed by atoms with Crippen LogP contribution in [0.3, 0.4) is 0 Å². The fourth-order valence-electron chi connectivity index (χ4n) is 2.09. The highest BCUT2D eigenvalue weighted by molar-refractivity contribution is 6.24. The van der Waals surface area contributed by atoms with Gasteiger partial charge in [-0.2, -0.15) is 0 Å². The Morgan fingerprint density at radius 2 is 1.69 bits per heavy atom. The summed E-state index contributed by atoms with van der Waals surface area (Å²) in [6, 6.07) is 11.1. The molecular formula is C12H14Cl. The van der Waals surface area contributed by atoms with Crippen molar-refractivity contribution in [3.05, 3.63) is 35.9 Å². The lowest BCUT2D eigenvalue weighted by Crippen LogP contribution is -2.21. The van der Waals surface area contributed by atoms with E-state index in [4.69, 9.17) is 11.6 Å². The van der Waals surface area contributed by atoms with Crippen LogP contribution in [-0.4, -0.2) is 0 Å². The highest BCUT2D eigenvalue weighted by Gasteiger charge is 2.30. The Morgan fingerprint density at radius 1 is 1.08 bits per heavy atom. The van der Waals surface area contributed by atoms with E-state index in [1.54, 1.807) is 0 Å². The van der Waals surface area contributed by atoms with Crippen LogP contribution in [0.1, 0.15) is 37.7 Å². The Balaban J connectivity index is 2.23. The molecule has 1 aliphatic rings. The van der Waals surface area contributed by atoms with Crippen LogP contribution < -0.4 is 0 Å². The molecule has 69 valence electrons. The summed E-state index contributed by atoms with van der Waals surface area (Å²) in [6.45, 7) is 0. The maximum atomic E-state index is 6.59. The topological polar surface area (TPSA) is 0 Å². The summed E-state index contributed by atoms with van der Waals surface area (Å²) in [5.41, 5.74) is 1.27. The van der Waals surface area contributed by atoms with E-state index < -0.39 is 0 Å². The zero-order valence-electron chi connectivity index (χ0n) is 7.72. The third-order valence-corrected chi connectivity index (χ3v) is 3.48. The molecule has 0 nitrogen and oxygen atoms in total. The highest BCUT2D eigenvalue weighted by Crippen LogP contribution is 2.42. The first-order valence-electron chi connectivity index (χ1n) is 4.97. The Hall–Kier alpha value is -0.490. The van der Waals surface area contributed by atoms with E-state index in [9.17, 15) is 0 Å². The van der Waals surface area contributed by atoms with E-state index in [1.807, 2.05) is 12.1 Å². The van der Waals surface area contributed by atoms with E-state index in [0.29, 0.717) is 0 Å². The second kappa shape index (κ2) is 3.71. The van der Waals surface area contributed by atoms with Gasteiger partial charge < -0.3 is 0 Å². The molecular weight excluding hydrogens is 180 g/mol. The Labute approximate surface area is 84.9 Å². The molecule has 0 heterocycles. The summed E-state index contributed by atoms with van der Waals surface area (Å²) >= 11 is 6.59. The van der Waals surface area contributed by atoms with Crippen molar-refractivity contribution in [2.75, 3.05) is 0 Å². The molecule has 0 aromatic heterocycles. The van der Waals surface area contributed by atoms with E-state index in [0.717, 1.165) is 12.8 Å². The summed E-state index contributed by atoms with van der Waals surface area (Å²) in [7, 11) is 0. The Morgan fingerprint density at radius 3 is 2.31 bits per heavy atom. The van der Waals surface area contributed by atoms with E-state index >= 15 is 0 Å². The molecule has 0 amide bonds. The fourth-order valence-corrected chi connectivity index (χ4v) is 2.48. The molecule has 0 N–H and O–H groups in total. The van der Waals surface area contributed by atoms with E-state index in [-0.39, 0.29) is 4.87 Å². The van der Waals surface area contributed by atoms with Crippen LogP contribution in [0.2, 0.25) is 0 Å². The van der Waals surface area contributed by atoms with Crippen LogP contribution >= 0.6 is 11.6 Å². The van der Waals surface area contributed by atoms with Crippen molar-refractivity contribution in [3.8, 4) is 0 Å². The van der Waals surface area contributed by atoms with Crippen molar-refractivity contribution >= 4 is 11.6 Å². The molecule has 1 radical (unpaired) electrons. The molecule has 1 aromatic rings. The maximum absolute atomic E-state index is 6.59. The normalized spacial score (nSPS) is 21.3. The summed E-state index contributed by atoms with van der Waals surface area (Å²) < 4.78 is 0. The van der Waals surface area contributed by atoms with Gasteiger partial charge >= 0.3 is 0 Å². The van der Waals surface area contributed by atoms with E-state index in [2.05, 4.69) is 18.2 Å². The molecule has 0 atom stereocenters. The molecule has 0 saturated heterocycles. The van der Waals surface area contributed by atoms with Gasteiger partial charge in [-0.15, -0.1) is 11.6 Å². The van der Waals surface area contributed by atoms with E-state index in [1.165, 1.54) is 24.8 Å². The first-order valence-corrected chi connectivity index (χ1v) is 5.35. The van der Waals surface area contributed by atoms with Crippen LogP contribution in [0, 0.1) is 6.07 Å². The Kier molecular flexibility index (Phi) is 2.59. The Bertz CT molecular complexity index is 260. The lowest BCUT2D eigenvalue weighted by Gasteiger charge is -2.31. The van der Waals surface area contributed by atoms with Gasteiger partial charge in [0.25, 0.3) is 0 Å². The SMILES string of the molecule is ClC1(c2cc[c]cc2)CCCCC1. The molecule has 1 saturated carbocycles. The lowest BCUT2D eigenvalue weighted by atomic mass is 9.83. The average molecular weight is 194 g/mol. The number of hydrogen-bond donors (Lipinski definition) is 0. The van der Waals surface area contributed by atoms with Crippen molar-refractivity contribution in [1.29, 1.82) is 0 Å². The minimum absolute atomic E-state index is 0.0760. The largest absolute Gasteiger partial charge is 0.114 e. The highest BCUT2D eigenvalue weighted by atomic mass is 35.5. The average Bonchev–Trinajstić information content (AvgIpc) is 2.20. The first-order chi connectivity index (χ1) is 6.31. The summed E-state index contributed by atoms with van der Waals surface area (Å²) in [5.74, 6) is 0. The smallest absolute Gasteiger partial charge is 0.0695 e. The standard InChI is InChI=1S/C12H14Cl/c13-12(9-5-2-6-10-12)11-7-3-1-4-8-11/h3-4,7-8H,2,5-6,9-10H2. The zero-order valence-corrected chi connectivity index (χ0v) is 8.48. The van der Waals surface area contributed by atoms with Gasteiger partial charge in [0.15, 0.2) is 0 Å². The third kappa shape index (κ3) is 1.88. The lowest BCUT2D eigenvalue weighted by molar-refractivity contribution is 0.399. The number of alkyl halides is 1. The van der Waals surface area contributed by atoms with Crippen molar-refractivity contribution in [2.45, 2.75) is 37.0 Å². The fraction of sp³-hybridized carbons (Fsp3) is 0.500. The van der Waals surface area contributed by atoms with Crippen LogP contribution in [-0.2, 0) is 4.87 Å². The molecule has 0 aliphatic heterocycles. The predicted molar refractivity (Wildman–Crippen MR) is 55.9 cm³/mol. The molecule has 0 spiro atoms. The van der Waals surface area contributed by atoms with Gasteiger partial charge in [-0.25, -0.2) is 0 Å². The molecule has 1 aliphatic carbocycles. The number of benzene rings is 1. The number of halogens is 1. The predicted octanol–water partition coefficient (Wildman–Crippen LogP) is 3.88. The van der Waals surface area contributed by atoms with Crippen LogP contribution in [0.15, 0.2) is 24.3 Å². The van der Waals surface area contributed by atoms with Gasteiger partial charge in [0.2, 0.25) is 0 Å². The van der Waals surface area contributed by atoms with Gasteiger partial charge in [-0.1, -0.05) is 43.5 Å². The number of rotatable bonds is 1. The first kappa shape index (κ1) is 9.08. The number of hydrogen-bond acceptors (Lipinski definition) is 0.